The van der Waals surface area contributed by atoms with E-state index in [1.165, 1.54) is 0 Å². The molecule has 0 aliphatic carbocycles. The molecule has 0 aromatic heterocycles. The van der Waals surface area contributed by atoms with Crippen molar-refractivity contribution in [3.05, 3.63) is 29.3 Å². The molecular weight excluding hydrogens is 202 g/mol. The Morgan fingerprint density at radius 1 is 1.25 bits per heavy atom. The molecule has 1 aromatic carbocycles. The van der Waals surface area contributed by atoms with Crippen LogP contribution in [0, 0.1) is 19.8 Å². The Morgan fingerprint density at radius 2 is 1.75 bits per heavy atom. The molecule has 3 heteroatoms. The fraction of sp³-hybridized carbons (Fsp3) is 0.462. The van der Waals surface area contributed by atoms with E-state index in [2.05, 4.69) is 0 Å². The molecule has 0 saturated carbocycles. The Balaban J connectivity index is 2.85. The molecule has 1 rings (SSSR count). The maximum Gasteiger partial charge on any atom is 0.328 e. The van der Waals surface area contributed by atoms with E-state index in [0.717, 1.165) is 11.1 Å². The monoisotopic (exact) mass is 221 g/mol. The molecule has 0 saturated heterocycles. The van der Waals surface area contributed by atoms with Gasteiger partial charge in [-0.2, -0.15) is 0 Å². The Labute approximate surface area is 96.6 Å². The summed E-state index contributed by atoms with van der Waals surface area (Å²) in [5, 5.41) is 0. The van der Waals surface area contributed by atoms with Crippen molar-refractivity contribution in [1.29, 1.82) is 0 Å². The highest BCUT2D eigenvalue weighted by Crippen LogP contribution is 2.23. The molecule has 3 nitrogen and oxygen atoms in total. The van der Waals surface area contributed by atoms with Crippen LogP contribution in [-0.2, 0) is 4.79 Å². The van der Waals surface area contributed by atoms with Gasteiger partial charge in [-0.15, -0.1) is 0 Å². The second-order valence-electron chi connectivity index (χ2n) is 4.41. The van der Waals surface area contributed by atoms with E-state index in [-0.39, 0.29) is 11.9 Å². The van der Waals surface area contributed by atoms with E-state index in [1.54, 1.807) is 0 Å². The molecule has 1 aromatic rings. The van der Waals surface area contributed by atoms with Crippen molar-refractivity contribution in [2.24, 2.45) is 11.7 Å². The Bertz CT molecular complexity index is 365. The standard InChI is InChI=1S/C13H19NO2/c1-8(2)11(14)13(15)16-12-9(3)6-5-7-10(12)4/h5-8,11H,14H2,1-4H3. The van der Waals surface area contributed by atoms with E-state index in [9.17, 15) is 4.79 Å². The summed E-state index contributed by atoms with van der Waals surface area (Å²) in [6.45, 7) is 7.63. The number of benzene rings is 1. The SMILES string of the molecule is Cc1cccc(C)c1OC(=O)C(N)C(C)C. The lowest BCUT2D eigenvalue weighted by Gasteiger charge is -2.16. The summed E-state index contributed by atoms with van der Waals surface area (Å²) >= 11 is 0. The normalized spacial score (nSPS) is 12.6. The van der Waals surface area contributed by atoms with Gasteiger partial charge in [0.15, 0.2) is 0 Å². The third kappa shape index (κ3) is 2.83. The number of rotatable bonds is 3. The van der Waals surface area contributed by atoms with Gasteiger partial charge in [0.1, 0.15) is 11.8 Å². The smallest absolute Gasteiger partial charge is 0.328 e. The predicted molar refractivity (Wildman–Crippen MR) is 64.4 cm³/mol. The van der Waals surface area contributed by atoms with E-state index < -0.39 is 6.04 Å². The van der Waals surface area contributed by atoms with Crippen molar-refractivity contribution >= 4 is 5.97 Å². The molecule has 0 bridgehead atoms. The van der Waals surface area contributed by atoms with Gasteiger partial charge in [-0.05, 0) is 30.9 Å². The summed E-state index contributed by atoms with van der Waals surface area (Å²) in [6.07, 6.45) is 0. The van der Waals surface area contributed by atoms with Crippen molar-refractivity contribution in [3.8, 4) is 5.75 Å². The predicted octanol–water partition coefficient (Wildman–Crippen LogP) is 2.19. The molecular formula is C13H19NO2. The third-order valence-corrected chi connectivity index (χ3v) is 2.60. The van der Waals surface area contributed by atoms with Crippen LogP contribution in [0.3, 0.4) is 0 Å². The van der Waals surface area contributed by atoms with Crippen LogP contribution in [0.1, 0.15) is 25.0 Å². The average molecular weight is 221 g/mol. The Morgan fingerprint density at radius 3 is 2.19 bits per heavy atom. The second-order valence-corrected chi connectivity index (χ2v) is 4.41. The van der Waals surface area contributed by atoms with Gasteiger partial charge in [-0.25, -0.2) is 4.79 Å². The molecule has 1 atom stereocenters. The number of carbonyl (C=O) groups excluding carboxylic acids is 1. The van der Waals surface area contributed by atoms with Gasteiger partial charge in [0.2, 0.25) is 0 Å². The number of ether oxygens (including phenoxy) is 1. The number of hydrogen-bond donors (Lipinski definition) is 1. The van der Waals surface area contributed by atoms with Crippen molar-refractivity contribution in [3.63, 3.8) is 0 Å². The summed E-state index contributed by atoms with van der Waals surface area (Å²) in [7, 11) is 0. The van der Waals surface area contributed by atoms with Crippen LogP contribution >= 0.6 is 0 Å². The van der Waals surface area contributed by atoms with Crippen LogP contribution in [-0.4, -0.2) is 12.0 Å². The molecule has 0 aliphatic rings. The zero-order valence-corrected chi connectivity index (χ0v) is 10.3. The summed E-state index contributed by atoms with van der Waals surface area (Å²) in [5.74, 6) is 0.341. The third-order valence-electron chi connectivity index (χ3n) is 2.60. The number of hydrogen-bond acceptors (Lipinski definition) is 3. The van der Waals surface area contributed by atoms with Crippen molar-refractivity contribution in [2.75, 3.05) is 0 Å². The number of esters is 1. The lowest BCUT2D eigenvalue weighted by Crippen LogP contribution is -2.38. The highest BCUT2D eigenvalue weighted by molar-refractivity contribution is 5.78. The molecule has 0 aliphatic heterocycles. The average Bonchev–Trinajstić information content (AvgIpc) is 2.22. The number of aryl methyl sites for hydroxylation is 2. The Kier molecular flexibility index (Phi) is 4.07. The molecule has 0 amide bonds. The molecule has 2 N–H and O–H groups in total. The van der Waals surface area contributed by atoms with Crippen molar-refractivity contribution < 1.29 is 9.53 Å². The molecule has 16 heavy (non-hydrogen) atoms. The molecule has 0 heterocycles. The minimum Gasteiger partial charge on any atom is -0.425 e. The molecule has 0 spiro atoms. The van der Waals surface area contributed by atoms with Crippen LogP contribution in [0.5, 0.6) is 5.75 Å². The molecule has 88 valence electrons. The topological polar surface area (TPSA) is 52.3 Å². The number of nitrogens with two attached hydrogens (primary N) is 1. The van der Waals surface area contributed by atoms with Crippen LogP contribution in [0.25, 0.3) is 0 Å². The van der Waals surface area contributed by atoms with Gasteiger partial charge in [0.05, 0.1) is 0 Å². The fourth-order valence-electron chi connectivity index (χ4n) is 1.40. The van der Waals surface area contributed by atoms with Gasteiger partial charge in [0.25, 0.3) is 0 Å². The maximum absolute atomic E-state index is 11.7. The van der Waals surface area contributed by atoms with Crippen molar-refractivity contribution in [2.45, 2.75) is 33.7 Å². The zero-order valence-electron chi connectivity index (χ0n) is 10.3. The van der Waals surface area contributed by atoms with Crippen LogP contribution < -0.4 is 10.5 Å². The molecule has 1 unspecified atom stereocenters. The van der Waals surface area contributed by atoms with E-state index in [4.69, 9.17) is 10.5 Å². The largest absolute Gasteiger partial charge is 0.425 e. The Hall–Kier alpha value is -1.35. The lowest BCUT2D eigenvalue weighted by molar-refractivity contribution is -0.136. The van der Waals surface area contributed by atoms with E-state index in [1.807, 2.05) is 45.9 Å². The first-order valence-corrected chi connectivity index (χ1v) is 5.47. The summed E-state index contributed by atoms with van der Waals surface area (Å²) < 4.78 is 5.34. The quantitative estimate of drug-likeness (QED) is 0.628. The van der Waals surface area contributed by atoms with Gasteiger partial charge >= 0.3 is 5.97 Å². The zero-order chi connectivity index (χ0) is 12.3. The first-order chi connectivity index (χ1) is 7.43. The van der Waals surface area contributed by atoms with E-state index in [0.29, 0.717) is 5.75 Å². The molecule has 0 fully saturated rings. The van der Waals surface area contributed by atoms with Crippen LogP contribution in [0.4, 0.5) is 0 Å². The minimum absolute atomic E-state index is 0.0804. The summed E-state index contributed by atoms with van der Waals surface area (Å²) in [4.78, 5) is 11.7. The lowest BCUT2D eigenvalue weighted by atomic mass is 10.1. The van der Waals surface area contributed by atoms with E-state index >= 15 is 0 Å². The minimum atomic E-state index is -0.570. The van der Waals surface area contributed by atoms with Gasteiger partial charge in [-0.1, -0.05) is 32.0 Å². The second kappa shape index (κ2) is 5.12. The van der Waals surface area contributed by atoms with Crippen molar-refractivity contribution in [1.82, 2.24) is 0 Å². The van der Waals surface area contributed by atoms with Gasteiger partial charge in [-0.3, -0.25) is 0 Å². The highest BCUT2D eigenvalue weighted by Gasteiger charge is 2.20. The number of para-hydroxylation sites is 1. The first-order valence-electron chi connectivity index (χ1n) is 5.47. The summed E-state index contributed by atoms with van der Waals surface area (Å²) in [6, 6.07) is 5.19. The highest BCUT2D eigenvalue weighted by atomic mass is 16.5. The van der Waals surface area contributed by atoms with Gasteiger partial charge in [0, 0.05) is 0 Å². The maximum atomic E-state index is 11.7. The van der Waals surface area contributed by atoms with Crippen LogP contribution in [0.2, 0.25) is 0 Å². The number of carbonyl (C=O) groups is 1. The fourth-order valence-corrected chi connectivity index (χ4v) is 1.40. The van der Waals surface area contributed by atoms with Gasteiger partial charge < -0.3 is 10.5 Å². The molecule has 0 radical (unpaired) electrons. The first kappa shape index (κ1) is 12.7. The van der Waals surface area contributed by atoms with Crippen LogP contribution in [0.15, 0.2) is 18.2 Å². The summed E-state index contributed by atoms with van der Waals surface area (Å²) in [5.41, 5.74) is 7.63.